The molecule has 164 valence electrons. The van der Waals surface area contributed by atoms with E-state index in [-0.39, 0.29) is 4.90 Å². The number of methoxy groups -OCH3 is 1. The van der Waals surface area contributed by atoms with Crippen LogP contribution in [0, 0.1) is 6.92 Å². The first-order valence-corrected chi connectivity index (χ1v) is 11.6. The van der Waals surface area contributed by atoms with Crippen LogP contribution in [0.5, 0.6) is 11.5 Å². The van der Waals surface area contributed by atoms with Crippen molar-refractivity contribution in [2.45, 2.75) is 31.4 Å². The summed E-state index contributed by atoms with van der Waals surface area (Å²) in [7, 11) is -2.03. The third kappa shape index (κ3) is 6.55. The van der Waals surface area contributed by atoms with Crippen LogP contribution < -0.4 is 19.9 Å². The van der Waals surface area contributed by atoms with Crippen molar-refractivity contribution < 1.29 is 17.9 Å². The van der Waals surface area contributed by atoms with Crippen LogP contribution in [0.2, 0.25) is 0 Å². The number of sulfonamides is 1. The van der Waals surface area contributed by atoms with Crippen LogP contribution in [-0.4, -0.2) is 22.1 Å². The predicted octanol–water partition coefficient (Wildman–Crippen LogP) is 3.56. The van der Waals surface area contributed by atoms with Gasteiger partial charge in [-0.25, -0.2) is 13.6 Å². The second-order valence-electron chi connectivity index (χ2n) is 7.34. The van der Waals surface area contributed by atoms with E-state index >= 15 is 0 Å². The summed E-state index contributed by atoms with van der Waals surface area (Å²) in [5.74, 6) is 1.43. The zero-order valence-electron chi connectivity index (χ0n) is 17.8. The van der Waals surface area contributed by atoms with Gasteiger partial charge < -0.3 is 14.8 Å². The molecule has 0 aliphatic carbocycles. The van der Waals surface area contributed by atoms with Crippen molar-refractivity contribution in [3.63, 3.8) is 0 Å². The molecule has 3 rings (SSSR count). The fourth-order valence-corrected chi connectivity index (χ4v) is 3.68. The number of ether oxygens (including phenoxy) is 2. The Hall–Kier alpha value is -2.87. The van der Waals surface area contributed by atoms with E-state index in [1.807, 2.05) is 18.2 Å². The zero-order chi connectivity index (χ0) is 22.3. The Morgan fingerprint density at radius 3 is 2.26 bits per heavy atom. The number of aryl methyl sites for hydroxylation is 1. The van der Waals surface area contributed by atoms with Gasteiger partial charge in [-0.05, 0) is 49.2 Å². The van der Waals surface area contributed by atoms with Crippen LogP contribution in [0.15, 0.2) is 71.6 Å². The average molecular weight is 441 g/mol. The van der Waals surface area contributed by atoms with Gasteiger partial charge in [0.15, 0.2) is 11.5 Å². The fourth-order valence-electron chi connectivity index (χ4n) is 3.17. The average Bonchev–Trinajstić information content (AvgIpc) is 2.76. The molecule has 0 amide bonds. The zero-order valence-corrected chi connectivity index (χ0v) is 18.6. The lowest BCUT2D eigenvalue weighted by molar-refractivity contribution is 0.280. The first-order valence-electron chi connectivity index (χ1n) is 10.0. The van der Waals surface area contributed by atoms with Crippen LogP contribution in [0.3, 0.4) is 0 Å². The molecule has 3 N–H and O–H groups in total. The molecule has 7 heteroatoms. The summed E-state index contributed by atoms with van der Waals surface area (Å²) in [5, 5.41) is 8.55. The quantitative estimate of drug-likeness (QED) is 0.471. The van der Waals surface area contributed by atoms with Crippen LogP contribution in [0.25, 0.3) is 0 Å². The summed E-state index contributed by atoms with van der Waals surface area (Å²) >= 11 is 0. The third-order valence-electron chi connectivity index (χ3n) is 4.94. The van der Waals surface area contributed by atoms with E-state index in [4.69, 9.17) is 14.6 Å². The smallest absolute Gasteiger partial charge is 0.238 e. The monoisotopic (exact) mass is 440 g/mol. The summed E-state index contributed by atoms with van der Waals surface area (Å²) in [5.41, 5.74) is 4.35. The lowest BCUT2D eigenvalue weighted by Crippen LogP contribution is -2.17. The Balaban J connectivity index is 1.58. The molecular formula is C24H28N2O4S. The molecule has 0 unspecified atom stereocenters. The Bertz CT molecular complexity index is 1100. The van der Waals surface area contributed by atoms with E-state index < -0.39 is 10.0 Å². The van der Waals surface area contributed by atoms with E-state index in [1.165, 1.54) is 17.7 Å². The van der Waals surface area contributed by atoms with Gasteiger partial charge in [0.25, 0.3) is 0 Å². The van der Waals surface area contributed by atoms with Crippen LogP contribution >= 0.6 is 0 Å². The minimum atomic E-state index is -3.66. The molecule has 0 aromatic heterocycles. The van der Waals surface area contributed by atoms with Gasteiger partial charge in [-0.2, -0.15) is 0 Å². The van der Waals surface area contributed by atoms with Gasteiger partial charge in [0.05, 0.1) is 12.0 Å². The van der Waals surface area contributed by atoms with Gasteiger partial charge in [0.2, 0.25) is 10.0 Å². The summed E-state index contributed by atoms with van der Waals surface area (Å²) in [6.07, 6.45) is 0.758. The standard InChI is InChI=1S/C24H28N2O4S/c1-18-6-8-20(9-7-18)17-30-24-21(4-3-5-23(24)29-2)16-26-15-14-19-10-12-22(13-11-19)31(25,27)28/h3-13,26H,14-17H2,1-2H3,(H2,25,27,28). The topological polar surface area (TPSA) is 90.6 Å². The lowest BCUT2D eigenvalue weighted by Gasteiger charge is -2.16. The van der Waals surface area contributed by atoms with Gasteiger partial charge in [0, 0.05) is 12.1 Å². The molecule has 31 heavy (non-hydrogen) atoms. The molecule has 0 aliphatic rings. The molecule has 0 atom stereocenters. The minimum Gasteiger partial charge on any atom is -0.493 e. The number of primary sulfonamides is 1. The van der Waals surface area contributed by atoms with E-state index in [0.29, 0.717) is 18.9 Å². The number of para-hydroxylation sites is 1. The Labute approximate surface area is 184 Å². The minimum absolute atomic E-state index is 0.121. The van der Waals surface area contributed by atoms with Gasteiger partial charge >= 0.3 is 0 Å². The van der Waals surface area contributed by atoms with Crippen LogP contribution in [0.1, 0.15) is 22.3 Å². The van der Waals surface area contributed by atoms with Crippen LogP contribution in [0.4, 0.5) is 0 Å². The summed E-state index contributed by atoms with van der Waals surface area (Å²) in [6, 6.07) is 20.7. The van der Waals surface area contributed by atoms with Crippen molar-refractivity contribution >= 4 is 10.0 Å². The number of hydrogen-bond acceptors (Lipinski definition) is 5. The highest BCUT2D eigenvalue weighted by molar-refractivity contribution is 7.89. The Kier molecular flexibility index (Phi) is 7.68. The summed E-state index contributed by atoms with van der Waals surface area (Å²) < 4.78 is 34.3. The molecule has 0 bridgehead atoms. The Morgan fingerprint density at radius 2 is 1.61 bits per heavy atom. The normalized spacial score (nSPS) is 11.3. The highest BCUT2D eigenvalue weighted by Gasteiger charge is 2.11. The maximum atomic E-state index is 11.3. The van der Waals surface area contributed by atoms with Crippen molar-refractivity contribution in [2.24, 2.45) is 5.14 Å². The molecule has 0 saturated heterocycles. The van der Waals surface area contributed by atoms with E-state index in [9.17, 15) is 8.42 Å². The van der Waals surface area contributed by atoms with Crippen molar-refractivity contribution in [3.05, 3.63) is 89.0 Å². The first-order chi connectivity index (χ1) is 14.9. The predicted molar refractivity (Wildman–Crippen MR) is 122 cm³/mol. The van der Waals surface area contributed by atoms with Gasteiger partial charge in [-0.15, -0.1) is 0 Å². The van der Waals surface area contributed by atoms with Gasteiger partial charge in [-0.1, -0.05) is 54.1 Å². The van der Waals surface area contributed by atoms with Gasteiger partial charge in [-0.3, -0.25) is 0 Å². The molecule has 3 aromatic carbocycles. The molecular weight excluding hydrogens is 412 g/mol. The van der Waals surface area contributed by atoms with Gasteiger partial charge in [0.1, 0.15) is 6.61 Å². The van der Waals surface area contributed by atoms with E-state index in [0.717, 1.165) is 35.4 Å². The maximum absolute atomic E-state index is 11.3. The SMILES string of the molecule is COc1cccc(CNCCc2ccc(S(N)(=O)=O)cc2)c1OCc1ccc(C)cc1. The molecule has 0 spiro atoms. The molecule has 6 nitrogen and oxygen atoms in total. The summed E-state index contributed by atoms with van der Waals surface area (Å²) in [4.78, 5) is 0.121. The second kappa shape index (κ2) is 10.4. The molecule has 3 aromatic rings. The first kappa shape index (κ1) is 22.8. The number of nitrogens with two attached hydrogens (primary N) is 1. The van der Waals surface area contributed by atoms with E-state index in [1.54, 1.807) is 19.2 Å². The second-order valence-corrected chi connectivity index (χ2v) is 8.90. The molecule has 0 saturated carbocycles. The van der Waals surface area contributed by atoms with Crippen molar-refractivity contribution in [1.82, 2.24) is 5.32 Å². The van der Waals surface area contributed by atoms with Crippen LogP contribution in [-0.2, 0) is 29.6 Å². The van der Waals surface area contributed by atoms with Crippen molar-refractivity contribution in [1.29, 1.82) is 0 Å². The van der Waals surface area contributed by atoms with Crippen molar-refractivity contribution in [2.75, 3.05) is 13.7 Å². The number of nitrogens with one attached hydrogen (secondary N) is 1. The Morgan fingerprint density at radius 1 is 0.935 bits per heavy atom. The maximum Gasteiger partial charge on any atom is 0.238 e. The number of benzene rings is 3. The van der Waals surface area contributed by atoms with Crippen molar-refractivity contribution in [3.8, 4) is 11.5 Å². The highest BCUT2D eigenvalue weighted by Crippen LogP contribution is 2.31. The molecule has 0 aliphatic heterocycles. The third-order valence-corrected chi connectivity index (χ3v) is 5.87. The largest absolute Gasteiger partial charge is 0.493 e. The number of rotatable bonds is 10. The molecule has 0 radical (unpaired) electrons. The molecule has 0 fully saturated rings. The fraction of sp³-hybridized carbons (Fsp3) is 0.250. The summed E-state index contributed by atoms with van der Waals surface area (Å²) in [6.45, 7) is 3.87. The van der Waals surface area contributed by atoms with E-state index in [2.05, 4.69) is 36.5 Å². The lowest BCUT2D eigenvalue weighted by atomic mass is 10.1. The number of hydrogen-bond donors (Lipinski definition) is 2. The highest BCUT2D eigenvalue weighted by atomic mass is 32.2. The molecule has 0 heterocycles.